The predicted octanol–water partition coefficient (Wildman–Crippen LogP) is 2.14. The number of sulfonamides is 1. The smallest absolute Gasteiger partial charge is 0.240 e. The standard InChI is InChI=1S/C12H18BrNO3S/c1-2-10(6-7-15)9-14-18(16,17)12-5-3-4-11(13)8-12/h3-5,8,10,14-15H,2,6-7,9H2,1H3. The van der Waals surface area contributed by atoms with Crippen LogP contribution in [0.3, 0.4) is 0 Å². The molecule has 0 fully saturated rings. The van der Waals surface area contributed by atoms with Gasteiger partial charge in [-0.25, -0.2) is 13.1 Å². The highest BCUT2D eigenvalue weighted by atomic mass is 79.9. The van der Waals surface area contributed by atoms with Crippen LogP contribution in [0.5, 0.6) is 0 Å². The minimum absolute atomic E-state index is 0.0805. The van der Waals surface area contributed by atoms with Gasteiger partial charge < -0.3 is 5.11 Å². The minimum atomic E-state index is -3.47. The highest BCUT2D eigenvalue weighted by Gasteiger charge is 2.16. The van der Waals surface area contributed by atoms with Gasteiger partial charge in [-0.3, -0.25) is 0 Å². The molecule has 18 heavy (non-hydrogen) atoms. The number of hydrogen-bond acceptors (Lipinski definition) is 3. The molecule has 0 aromatic heterocycles. The molecule has 0 radical (unpaired) electrons. The van der Waals surface area contributed by atoms with Crippen molar-refractivity contribution in [1.29, 1.82) is 0 Å². The molecule has 102 valence electrons. The molecule has 0 aliphatic carbocycles. The summed E-state index contributed by atoms with van der Waals surface area (Å²) in [6.07, 6.45) is 1.44. The minimum Gasteiger partial charge on any atom is -0.396 e. The highest BCUT2D eigenvalue weighted by Crippen LogP contribution is 2.16. The summed E-state index contributed by atoms with van der Waals surface area (Å²) in [6.45, 7) is 2.41. The normalized spacial score (nSPS) is 13.5. The van der Waals surface area contributed by atoms with Gasteiger partial charge in [-0.05, 0) is 30.5 Å². The third-order valence-electron chi connectivity index (χ3n) is 2.78. The first-order chi connectivity index (χ1) is 8.49. The first kappa shape index (κ1) is 15.6. The molecule has 6 heteroatoms. The van der Waals surface area contributed by atoms with Crippen molar-refractivity contribution >= 4 is 26.0 Å². The van der Waals surface area contributed by atoms with Crippen LogP contribution in [-0.2, 0) is 10.0 Å². The van der Waals surface area contributed by atoms with Gasteiger partial charge in [0.25, 0.3) is 0 Å². The van der Waals surface area contributed by atoms with Crippen molar-refractivity contribution in [2.75, 3.05) is 13.2 Å². The van der Waals surface area contributed by atoms with Gasteiger partial charge in [0.2, 0.25) is 10.0 Å². The molecule has 1 aromatic rings. The molecule has 0 aliphatic heterocycles. The number of hydrogen-bond donors (Lipinski definition) is 2. The summed E-state index contributed by atoms with van der Waals surface area (Å²) in [5.41, 5.74) is 0. The van der Waals surface area contributed by atoms with E-state index in [9.17, 15) is 8.42 Å². The lowest BCUT2D eigenvalue weighted by Crippen LogP contribution is -2.29. The third-order valence-corrected chi connectivity index (χ3v) is 4.70. The molecule has 1 aromatic carbocycles. The molecule has 0 spiro atoms. The second-order valence-electron chi connectivity index (χ2n) is 4.10. The van der Waals surface area contributed by atoms with E-state index in [-0.39, 0.29) is 17.4 Å². The van der Waals surface area contributed by atoms with E-state index in [0.717, 1.165) is 10.9 Å². The van der Waals surface area contributed by atoms with Crippen molar-refractivity contribution in [1.82, 2.24) is 4.72 Å². The van der Waals surface area contributed by atoms with Crippen LogP contribution < -0.4 is 4.72 Å². The Hall–Kier alpha value is -0.430. The lowest BCUT2D eigenvalue weighted by Gasteiger charge is -2.14. The SMILES string of the molecule is CCC(CCO)CNS(=O)(=O)c1cccc(Br)c1. The molecule has 1 unspecified atom stereocenters. The fourth-order valence-electron chi connectivity index (χ4n) is 1.58. The summed E-state index contributed by atoms with van der Waals surface area (Å²) in [5.74, 6) is 0.164. The monoisotopic (exact) mass is 335 g/mol. The van der Waals surface area contributed by atoms with E-state index >= 15 is 0 Å². The van der Waals surface area contributed by atoms with Gasteiger partial charge in [-0.2, -0.15) is 0 Å². The Morgan fingerprint density at radius 2 is 2.17 bits per heavy atom. The van der Waals surface area contributed by atoms with Crippen molar-refractivity contribution < 1.29 is 13.5 Å². The molecule has 1 atom stereocenters. The number of halogens is 1. The fourth-order valence-corrected chi connectivity index (χ4v) is 3.29. The maximum absolute atomic E-state index is 12.0. The number of nitrogens with one attached hydrogen (secondary N) is 1. The van der Waals surface area contributed by atoms with Crippen LogP contribution in [0.2, 0.25) is 0 Å². The van der Waals surface area contributed by atoms with Crippen molar-refractivity contribution in [2.45, 2.75) is 24.7 Å². The molecule has 0 aliphatic rings. The summed E-state index contributed by atoms with van der Waals surface area (Å²) in [6, 6.07) is 6.58. The van der Waals surface area contributed by atoms with Crippen LogP contribution in [0, 0.1) is 5.92 Å². The Morgan fingerprint density at radius 1 is 1.44 bits per heavy atom. The van der Waals surface area contributed by atoms with Crippen molar-refractivity contribution in [3.63, 3.8) is 0 Å². The van der Waals surface area contributed by atoms with Crippen LogP contribution in [0.1, 0.15) is 19.8 Å². The quantitative estimate of drug-likeness (QED) is 0.802. The summed E-state index contributed by atoms with van der Waals surface area (Å²) in [4.78, 5) is 0.246. The summed E-state index contributed by atoms with van der Waals surface area (Å²) >= 11 is 3.25. The van der Waals surface area contributed by atoms with Crippen LogP contribution in [-0.4, -0.2) is 26.7 Å². The van der Waals surface area contributed by atoms with Gasteiger partial charge in [0.1, 0.15) is 0 Å². The Balaban J connectivity index is 2.70. The van der Waals surface area contributed by atoms with Crippen LogP contribution in [0.4, 0.5) is 0 Å². The van der Waals surface area contributed by atoms with Gasteiger partial charge in [0.15, 0.2) is 0 Å². The summed E-state index contributed by atoms with van der Waals surface area (Å²) in [5, 5.41) is 8.87. The van der Waals surface area contributed by atoms with Crippen LogP contribution >= 0.6 is 15.9 Å². The summed E-state index contributed by atoms with van der Waals surface area (Å²) in [7, 11) is -3.47. The molecule has 0 bridgehead atoms. The van der Waals surface area contributed by atoms with E-state index < -0.39 is 10.0 Å². The maximum atomic E-state index is 12.0. The Labute approximate surface area is 117 Å². The van der Waals surface area contributed by atoms with E-state index in [1.807, 2.05) is 6.92 Å². The predicted molar refractivity (Wildman–Crippen MR) is 74.8 cm³/mol. The molecule has 2 N–H and O–H groups in total. The first-order valence-corrected chi connectivity index (χ1v) is 8.13. The van der Waals surface area contributed by atoms with Gasteiger partial charge >= 0.3 is 0 Å². The molecule has 0 heterocycles. The van der Waals surface area contributed by atoms with E-state index in [1.54, 1.807) is 24.3 Å². The molecular weight excluding hydrogens is 318 g/mol. The largest absolute Gasteiger partial charge is 0.396 e. The van der Waals surface area contributed by atoms with E-state index in [4.69, 9.17) is 5.11 Å². The van der Waals surface area contributed by atoms with Gasteiger partial charge in [-0.1, -0.05) is 35.3 Å². The van der Waals surface area contributed by atoms with E-state index in [1.165, 1.54) is 0 Å². The second-order valence-corrected chi connectivity index (χ2v) is 6.78. The molecule has 0 saturated heterocycles. The van der Waals surface area contributed by atoms with Gasteiger partial charge in [0.05, 0.1) is 4.90 Å². The zero-order chi connectivity index (χ0) is 13.6. The zero-order valence-electron chi connectivity index (χ0n) is 10.3. The Bertz CT molecular complexity index is 476. The van der Waals surface area contributed by atoms with Crippen LogP contribution in [0.25, 0.3) is 0 Å². The topological polar surface area (TPSA) is 66.4 Å². The fraction of sp³-hybridized carbons (Fsp3) is 0.500. The second kappa shape index (κ2) is 7.23. The van der Waals surface area contributed by atoms with Crippen LogP contribution in [0.15, 0.2) is 33.6 Å². The average Bonchev–Trinajstić information content (AvgIpc) is 2.34. The lowest BCUT2D eigenvalue weighted by molar-refractivity contribution is 0.254. The first-order valence-electron chi connectivity index (χ1n) is 5.85. The van der Waals surface area contributed by atoms with Crippen molar-refractivity contribution in [3.8, 4) is 0 Å². The maximum Gasteiger partial charge on any atom is 0.240 e. The molecule has 1 rings (SSSR count). The lowest BCUT2D eigenvalue weighted by atomic mass is 10.0. The van der Waals surface area contributed by atoms with Gasteiger partial charge in [-0.15, -0.1) is 0 Å². The number of rotatable bonds is 7. The van der Waals surface area contributed by atoms with E-state index in [2.05, 4.69) is 20.7 Å². The molecule has 4 nitrogen and oxygen atoms in total. The van der Waals surface area contributed by atoms with Gasteiger partial charge in [0, 0.05) is 17.6 Å². The third kappa shape index (κ3) is 4.68. The number of aliphatic hydroxyl groups excluding tert-OH is 1. The van der Waals surface area contributed by atoms with Crippen molar-refractivity contribution in [2.24, 2.45) is 5.92 Å². The Morgan fingerprint density at radius 3 is 2.72 bits per heavy atom. The van der Waals surface area contributed by atoms with E-state index in [0.29, 0.717) is 13.0 Å². The molecule has 0 saturated carbocycles. The molecular formula is C12H18BrNO3S. The molecule has 0 amide bonds. The number of benzene rings is 1. The number of aliphatic hydroxyl groups is 1. The zero-order valence-corrected chi connectivity index (χ0v) is 12.7. The highest BCUT2D eigenvalue weighted by molar-refractivity contribution is 9.10. The average molecular weight is 336 g/mol. The van der Waals surface area contributed by atoms with Crippen molar-refractivity contribution in [3.05, 3.63) is 28.7 Å². The Kier molecular flexibility index (Phi) is 6.28. The summed E-state index contributed by atoms with van der Waals surface area (Å²) < 4.78 is 27.3.